The second kappa shape index (κ2) is 8.15. The highest BCUT2D eigenvalue weighted by atomic mass is 16.6. The highest BCUT2D eigenvalue weighted by Crippen LogP contribution is 2.22. The average molecular weight is 296 g/mol. The zero-order valence-electron chi connectivity index (χ0n) is 12.2. The minimum atomic E-state index is -0.628. The van der Waals surface area contributed by atoms with Gasteiger partial charge in [0, 0.05) is 25.7 Å². The highest BCUT2D eigenvalue weighted by molar-refractivity contribution is 5.98. The number of pyridine rings is 1. The van der Waals surface area contributed by atoms with Crippen LogP contribution in [-0.4, -0.2) is 52.1 Å². The molecule has 0 aromatic carbocycles. The molecule has 8 heteroatoms. The Morgan fingerprint density at radius 3 is 2.76 bits per heavy atom. The van der Waals surface area contributed by atoms with E-state index < -0.39 is 10.8 Å². The van der Waals surface area contributed by atoms with Gasteiger partial charge in [-0.2, -0.15) is 0 Å². The van der Waals surface area contributed by atoms with Gasteiger partial charge in [0.05, 0.1) is 11.5 Å². The van der Waals surface area contributed by atoms with Gasteiger partial charge in [0.2, 0.25) is 0 Å². The molecule has 0 fully saturated rings. The van der Waals surface area contributed by atoms with Crippen LogP contribution < -0.4 is 5.32 Å². The molecular formula is C13H20N4O4. The van der Waals surface area contributed by atoms with Gasteiger partial charge in [-0.05, 0) is 13.3 Å². The Hall–Kier alpha value is -2.22. The van der Waals surface area contributed by atoms with Crippen molar-refractivity contribution in [3.05, 3.63) is 27.9 Å². The molecule has 0 aliphatic heterocycles. The number of rotatable bonds is 8. The molecule has 2 N–H and O–H groups in total. The zero-order chi connectivity index (χ0) is 15.8. The fourth-order valence-corrected chi connectivity index (χ4v) is 1.81. The molecule has 0 radical (unpaired) electrons. The Bertz CT molecular complexity index is 507. The van der Waals surface area contributed by atoms with Gasteiger partial charge in [-0.25, -0.2) is 4.98 Å². The number of hydrogen-bond donors (Lipinski definition) is 2. The van der Waals surface area contributed by atoms with Gasteiger partial charge in [0.1, 0.15) is 17.6 Å². The fourth-order valence-electron chi connectivity index (χ4n) is 1.81. The average Bonchev–Trinajstić information content (AvgIpc) is 2.49. The van der Waals surface area contributed by atoms with E-state index in [1.807, 2.05) is 6.92 Å². The topological polar surface area (TPSA) is 109 Å². The molecule has 1 amide bonds. The van der Waals surface area contributed by atoms with Crippen LogP contribution in [0.15, 0.2) is 12.3 Å². The molecule has 1 rings (SSSR count). The van der Waals surface area contributed by atoms with E-state index in [0.717, 1.165) is 12.6 Å². The largest absolute Gasteiger partial charge is 0.395 e. The van der Waals surface area contributed by atoms with Crippen molar-refractivity contribution < 1.29 is 14.8 Å². The summed E-state index contributed by atoms with van der Waals surface area (Å²) < 4.78 is 0. The van der Waals surface area contributed by atoms with Gasteiger partial charge in [-0.1, -0.05) is 6.92 Å². The quantitative estimate of drug-likeness (QED) is 0.552. The van der Waals surface area contributed by atoms with Crippen LogP contribution in [0.4, 0.5) is 11.5 Å². The van der Waals surface area contributed by atoms with E-state index >= 15 is 0 Å². The fraction of sp³-hybridized carbons (Fsp3) is 0.538. The lowest BCUT2D eigenvalue weighted by Gasteiger charge is -2.19. The summed E-state index contributed by atoms with van der Waals surface area (Å²) in [4.78, 5) is 28.1. The first-order valence-electron chi connectivity index (χ1n) is 6.83. The third-order valence-electron chi connectivity index (χ3n) is 2.91. The van der Waals surface area contributed by atoms with Gasteiger partial charge in [-0.3, -0.25) is 14.9 Å². The molecule has 0 saturated carbocycles. The number of nitrogens with one attached hydrogen (secondary N) is 1. The number of aliphatic hydroxyl groups excluding tert-OH is 1. The first-order chi connectivity index (χ1) is 10.0. The Morgan fingerprint density at radius 1 is 1.52 bits per heavy atom. The van der Waals surface area contributed by atoms with Crippen molar-refractivity contribution in [1.82, 2.24) is 9.88 Å². The number of carbonyl (C=O) groups excluding carboxylic acids is 1. The number of aromatic nitrogens is 1. The molecular weight excluding hydrogens is 276 g/mol. The number of anilines is 1. The maximum atomic E-state index is 12.4. The molecule has 1 aromatic heterocycles. The maximum absolute atomic E-state index is 12.4. The maximum Gasteiger partial charge on any atom is 0.300 e. The van der Waals surface area contributed by atoms with Gasteiger partial charge < -0.3 is 15.3 Å². The summed E-state index contributed by atoms with van der Waals surface area (Å²) >= 11 is 0. The van der Waals surface area contributed by atoms with Crippen LogP contribution in [0.2, 0.25) is 0 Å². The number of nitrogens with zero attached hydrogens (tertiary/aromatic N) is 3. The molecule has 1 aromatic rings. The highest BCUT2D eigenvalue weighted by Gasteiger charge is 2.25. The monoisotopic (exact) mass is 296 g/mol. The van der Waals surface area contributed by atoms with Crippen molar-refractivity contribution in [1.29, 1.82) is 0 Å². The molecule has 0 spiro atoms. The normalized spacial score (nSPS) is 10.2. The van der Waals surface area contributed by atoms with Crippen LogP contribution in [0.25, 0.3) is 0 Å². The van der Waals surface area contributed by atoms with Crippen molar-refractivity contribution in [2.45, 2.75) is 20.3 Å². The summed E-state index contributed by atoms with van der Waals surface area (Å²) in [5, 5.41) is 23.0. The summed E-state index contributed by atoms with van der Waals surface area (Å²) in [5.41, 5.74) is -0.359. The number of amides is 1. The Labute approximate surface area is 122 Å². The van der Waals surface area contributed by atoms with Crippen LogP contribution >= 0.6 is 0 Å². The minimum absolute atomic E-state index is 0.0242. The molecule has 0 saturated heterocycles. The molecule has 0 atom stereocenters. The van der Waals surface area contributed by atoms with Gasteiger partial charge >= 0.3 is 0 Å². The smallest absolute Gasteiger partial charge is 0.300 e. The molecule has 0 aliphatic rings. The molecule has 1 heterocycles. The van der Waals surface area contributed by atoms with Crippen LogP contribution in [0, 0.1) is 10.1 Å². The molecule has 0 unspecified atom stereocenters. The van der Waals surface area contributed by atoms with E-state index in [9.17, 15) is 14.9 Å². The van der Waals surface area contributed by atoms with E-state index in [-0.39, 0.29) is 24.4 Å². The number of aliphatic hydroxyl groups is 1. The zero-order valence-corrected chi connectivity index (χ0v) is 12.2. The van der Waals surface area contributed by atoms with Crippen LogP contribution in [0.3, 0.4) is 0 Å². The SMILES string of the molecule is CCCNc1cc(C(=O)N(CC)CCO)c([N+](=O)[O-])cn1. The summed E-state index contributed by atoms with van der Waals surface area (Å²) in [7, 11) is 0. The van der Waals surface area contributed by atoms with Crippen LogP contribution in [-0.2, 0) is 0 Å². The van der Waals surface area contributed by atoms with Crippen molar-refractivity contribution in [3.63, 3.8) is 0 Å². The van der Waals surface area contributed by atoms with Crippen LogP contribution in [0.1, 0.15) is 30.6 Å². The van der Waals surface area contributed by atoms with Gasteiger partial charge in [0.25, 0.3) is 11.6 Å². The third-order valence-corrected chi connectivity index (χ3v) is 2.91. The van der Waals surface area contributed by atoms with Crippen molar-refractivity contribution in [2.75, 3.05) is 31.6 Å². The summed E-state index contributed by atoms with van der Waals surface area (Å²) in [6.07, 6.45) is 1.95. The lowest BCUT2D eigenvalue weighted by Crippen LogP contribution is -2.33. The standard InChI is InChI=1S/C13H20N4O4/c1-3-5-14-12-8-10(11(9-15-12)17(20)21)13(19)16(4-2)6-7-18/h8-9,18H,3-7H2,1-2H3,(H,14,15). The lowest BCUT2D eigenvalue weighted by atomic mass is 10.2. The summed E-state index contributed by atoms with van der Waals surface area (Å²) in [5.74, 6) is -0.0638. The Morgan fingerprint density at radius 2 is 2.24 bits per heavy atom. The minimum Gasteiger partial charge on any atom is -0.395 e. The van der Waals surface area contributed by atoms with E-state index in [0.29, 0.717) is 18.9 Å². The molecule has 116 valence electrons. The predicted octanol–water partition coefficient (Wildman–Crippen LogP) is 1.27. The van der Waals surface area contributed by atoms with E-state index in [4.69, 9.17) is 5.11 Å². The number of hydrogen-bond acceptors (Lipinski definition) is 6. The predicted molar refractivity (Wildman–Crippen MR) is 78.3 cm³/mol. The van der Waals surface area contributed by atoms with Crippen molar-refractivity contribution in [3.8, 4) is 0 Å². The summed E-state index contributed by atoms with van der Waals surface area (Å²) in [6.45, 7) is 4.68. The van der Waals surface area contributed by atoms with Crippen LogP contribution in [0.5, 0.6) is 0 Å². The first-order valence-corrected chi connectivity index (χ1v) is 6.83. The number of carbonyl (C=O) groups is 1. The molecule has 8 nitrogen and oxygen atoms in total. The number of likely N-dealkylation sites (N-methyl/N-ethyl adjacent to an activating group) is 1. The summed E-state index contributed by atoms with van der Waals surface area (Å²) in [6, 6.07) is 1.39. The molecule has 0 aliphatic carbocycles. The first kappa shape index (κ1) is 16.8. The lowest BCUT2D eigenvalue weighted by molar-refractivity contribution is -0.385. The second-order valence-corrected chi connectivity index (χ2v) is 4.38. The molecule has 0 bridgehead atoms. The second-order valence-electron chi connectivity index (χ2n) is 4.38. The van der Waals surface area contributed by atoms with E-state index in [2.05, 4.69) is 10.3 Å². The van der Waals surface area contributed by atoms with Crippen molar-refractivity contribution in [2.24, 2.45) is 0 Å². The number of nitro groups is 1. The van der Waals surface area contributed by atoms with E-state index in [1.54, 1.807) is 6.92 Å². The third kappa shape index (κ3) is 4.38. The van der Waals surface area contributed by atoms with Gasteiger partial charge in [0.15, 0.2) is 0 Å². The Kier molecular flexibility index (Phi) is 6.54. The van der Waals surface area contributed by atoms with E-state index in [1.165, 1.54) is 11.0 Å². The van der Waals surface area contributed by atoms with Crippen molar-refractivity contribution >= 4 is 17.4 Å². The molecule has 21 heavy (non-hydrogen) atoms. The van der Waals surface area contributed by atoms with Gasteiger partial charge in [-0.15, -0.1) is 0 Å². The Balaban J connectivity index is 3.15.